The molecule has 3 N–H and O–H groups in total. The molecular formula is C26H41FN6O. The summed E-state index contributed by atoms with van der Waals surface area (Å²) in [6, 6.07) is 4.83. The number of rotatable bonds is 4. The molecule has 34 heavy (non-hydrogen) atoms. The molecular weight excluding hydrogens is 431 g/mol. The number of nitrogens with zero attached hydrogens (tertiary/aromatic N) is 4. The fraction of sp³-hybridized carbons (Fsp3) is 0.500. The number of likely N-dealkylation sites (tertiary alicyclic amines) is 1. The molecule has 1 aliphatic rings. The van der Waals surface area contributed by atoms with E-state index < -0.39 is 5.95 Å². The van der Waals surface area contributed by atoms with Gasteiger partial charge in [-0.3, -0.25) is 5.10 Å². The summed E-state index contributed by atoms with van der Waals surface area (Å²) >= 11 is 0. The largest absolute Gasteiger partial charge is 0.507 e. The standard InChI is InChI=1S/C18H20FN5O.C5H13N.C3H8/c1-3-16(22-21-12(2)24-8-4-5-9-24)14-7-6-13(10-17(14)25)15-11-20-23-18(15)19;1-5(2,3)6-4;1-3-2/h3,6-7,10-11,25H,1,4-5,8-9H2,2H3,(H,20,23);6H,1-4H3;3H2,1-2H3/b21-12+,22-16+;;. The number of amidine groups is 1. The van der Waals surface area contributed by atoms with Crippen LogP contribution < -0.4 is 5.32 Å². The maximum Gasteiger partial charge on any atom is 0.216 e. The third-order valence-corrected chi connectivity index (χ3v) is 4.99. The molecule has 1 saturated heterocycles. The minimum atomic E-state index is -0.546. The van der Waals surface area contributed by atoms with Gasteiger partial charge >= 0.3 is 0 Å². The van der Waals surface area contributed by atoms with Gasteiger partial charge in [0.05, 0.1) is 17.5 Å². The predicted octanol–water partition coefficient (Wildman–Crippen LogP) is 5.75. The van der Waals surface area contributed by atoms with E-state index in [-0.39, 0.29) is 5.75 Å². The molecule has 0 amide bonds. The third kappa shape index (κ3) is 9.47. The molecule has 2 heterocycles. The number of phenolic OH excluding ortho intramolecular Hbond substituents is 1. The lowest BCUT2D eigenvalue weighted by Crippen LogP contribution is -2.31. The van der Waals surface area contributed by atoms with Crippen LogP contribution in [0, 0.1) is 5.95 Å². The quantitative estimate of drug-likeness (QED) is 0.300. The molecule has 7 nitrogen and oxygen atoms in total. The van der Waals surface area contributed by atoms with Crippen LogP contribution in [0.15, 0.2) is 47.3 Å². The molecule has 1 aromatic heterocycles. The molecule has 0 saturated carbocycles. The first-order valence-electron chi connectivity index (χ1n) is 11.8. The Kier molecular flexibility index (Phi) is 12.2. The Morgan fingerprint density at radius 3 is 2.29 bits per heavy atom. The first kappa shape index (κ1) is 29.0. The van der Waals surface area contributed by atoms with Gasteiger partial charge < -0.3 is 15.3 Å². The summed E-state index contributed by atoms with van der Waals surface area (Å²) in [4.78, 5) is 2.18. The van der Waals surface area contributed by atoms with Gasteiger partial charge in [0.15, 0.2) is 0 Å². The van der Waals surface area contributed by atoms with E-state index in [4.69, 9.17) is 0 Å². The Balaban J connectivity index is 0.000000551. The van der Waals surface area contributed by atoms with E-state index in [9.17, 15) is 9.50 Å². The molecule has 0 unspecified atom stereocenters. The molecule has 0 spiro atoms. The summed E-state index contributed by atoms with van der Waals surface area (Å²) in [5.74, 6) is 0.273. The van der Waals surface area contributed by atoms with Crippen molar-refractivity contribution in [2.75, 3.05) is 20.1 Å². The first-order chi connectivity index (χ1) is 16.1. The SMILES string of the molecule is C=C/C(=N\N=C(/C)N1CCCC1)c1ccc(-c2cn[nH]c2F)cc1O.CCC.CNC(C)(C)C. The number of allylic oxidation sites excluding steroid dienone is 1. The maximum atomic E-state index is 13.6. The van der Waals surface area contributed by atoms with Crippen molar-refractivity contribution in [3.05, 3.63) is 48.6 Å². The Morgan fingerprint density at radius 1 is 1.26 bits per heavy atom. The van der Waals surface area contributed by atoms with E-state index in [2.05, 4.69) is 71.8 Å². The van der Waals surface area contributed by atoms with E-state index in [0.717, 1.165) is 31.8 Å². The lowest BCUT2D eigenvalue weighted by molar-refractivity contribution is 0.469. The minimum absolute atomic E-state index is 0.0224. The van der Waals surface area contributed by atoms with Crippen LogP contribution in [-0.4, -0.2) is 57.4 Å². The van der Waals surface area contributed by atoms with Crippen LogP contribution in [0.5, 0.6) is 5.75 Å². The summed E-state index contributed by atoms with van der Waals surface area (Å²) < 4.78 is 13.6. The zero-order valence-electron chi connectivity index (χ0n) is 21.7. The molecule has 0 radical (unpaired) electrons. The van der Waals surface area contributed by atoms with E-state index in [0.29, 0.717) is 27.9 Å². The van der Waals surface area contributed by atoms with E-state index >= 15 is 0 Å². The first-order valence-corrected chi connectivity index (χ1v) is 11.8. The Hall–Kier alpha value is -3.00. The van der Waals surface area contributed by atoms with Crippen molar-refractivity contribution < 1.29 is 9.50 Å². The number of hydrogen-bond acceptors (Lipinski definition) is 5. The van der Waals surface area contributed by atoms with Crippen molar-refractivity contribution in [2.45, 2.75) is 66.3 Å². The molecule has 0 bridgehead atoms. The third-order valence-electron chi connectivity index (χ3n) is 4.99. The van der Waals surface area contributed by atoms with Gasteiger partial charge in [-0.15, -0.1) is 10.2 Å². The second-order valence-corrected chi connectivity index (χ2v) is 9.07. The highest BCUT2D eigenvalue weighted by Gasteiger charge is 2.14. The molecule has 1 aromatic carbocycles. The van der Waals surface area contributed by atoms with Crippen molar-refractivity contribution in [1.82, 2.24) is 20.4 Å². The van der Waals surface area contributed by atoms with Crippen molar-refractivity contribution in [3.63, 3.8) is 0 Å². The lowest BCUT2D eigenvalue weighted by atomic mass is 10.0. The number of nitrogens with one attached hydrogen (secondary N) is 2. The zero-order chi connectivity index (χ0) is 25.7. The molecule has 0 aliphatic carbocycles. The highest BCUT2D eigenvalue weighted by Crippen LogP contribution is 2.28. The van der Waals surface area contributed by atoms with E-state index in [1.165, 1.54) is 24.8 Å². The number of benzene rings is 1. The molecule has 8 heteroatoms. The van der Waals surface area contributed by atoms with Crippen molar-refractivity contribution >= 4 is 11.5 Å². The van der Waals surface area contributed by atoms with Gasteiger partial charge in [-0.2, -0.15) is 9.49 Å². The van der Waals surface area contributed by atoms with Gasteiger partial charge in [0, 0.05) is 24.2 Å². The maximum absolute atomic E-state index is 13.6. The normalized spacial score (nSPS) is 14.2. The van der Waals surface area contributed by atoms with Gasteiger partial charge in [-0.05, 0) is 71.4 Å². The van der Waals surface area contributed by atoms with Crippen LogP contribution >= 0.6 is 0 Å². The van der Waals surface area contributed by atoms with E-state index in [1.807, 2.05) is 14.0 Å². The minimum Gasteiger partial charge on any atom is -0.507 e. The van der Waals surface area contributed by atoms with Gasteiger partial charge in [-0.1, -0.05) is 32.9 Å². The smallest absolute Gasteiger partial charge is 0.216 e. The van der Waals surface area contributed by atoms with Crippen LogP contribution in [0.3, 0.4) is 0 Å². The molecule has 0 atom stereocenters. The number of aromatic amines is 1. The number of hydrogen-bond donors (Lipinski definition) is 3. The molecule has 2 aromatic rings. The highest BCUT2D eigenvalue weighted by atomic mass is 19.1. The Labute approximate surface area is 203 Å². The number of halogens is 1. The molecule has 1 aliphatic heterocycles. The van der Waals surface area contributed by atoms with Crippen LogP contribution in [0.25, 0.3) is 11.1 Å². The highest BCUT2D eigenvalue weighted by molar-refractivity contribution is 6.10. The fourth-order valence-corrected chi connectivity index (χ4v) is 2.82. The van der Waals surface area contributed by atoms with Gasteiger partial charge in [-0.25, -0.2) is 0 Å². The average Bonchev–Trinajstić information content (AvgIpc) is 3.47. The lowest BCUT2D eigenvalue weighted by Gasteiger charge is -2.15. The van der Waals surface area contributed by atoms with Gasteiger partial charge in [0.2, 0.25) is 5.95 Å². The molecule has 1 fully saturated rings. The summed E-state index contributed by atoms with van der Waals surface area (Å²) in [6.45, 7) is 18.3. The number of H-pyrrole nitrogens is 1. The number of aromatic hydroxyl groups is 1. The monoisotopic (exact) mass is 472 g/mol. The molecule has 3 rings (SSSR count). The van der Waals surface area contributed by atoms with Crippen LogP contribution in [0.4, 0.5) is 4.39 Å². The molecule has 188 valence electrons. The van der Waals surface area contributed by atoms with Crippen molar-refractivity contribution in [2.24, 2.45) is 10.2 Å². The number of aromatic nitrogens is 2. The van der Waals surface area contributed by atoms with Crippen LogP contribution in [0.1, 0.15) is 66.4 Å². The fourth-order valence-electron chi connectivity index (χ4n) is 2.82. The summed E-state index contributed by atoms with van der Waals surface area (Å²) in [5.41, 5.74) is 2.05. The Bertz CT molecular complexity index is 952. The zero-order valence-corrected chi connectivity index (χ0v) is 21.7. The summed E-state index contributed by atoms with van der Waals surface area (Å²) in [5, 5.41) is 27.8. The van der Waals surface area contributed by atoms with Crippen LogP contribution in [0.2, 0.25) is 0 Å². The summed E-state index contributed by atoms with van der Waals surface area (Å²) in [7, 11) is 1.96. The summed E-state index contributed by atoms with van der Waals surface area (Å²) in [6.07, 6.45) is 6.49. The van der Waals surface area contributed by atoms with Crippen LogP contribution in [-0.2, 0) is 0 Å². The van der Waals surface area contributed by atoms with E-state index in [1.54, 1.807) is 12.1 Å². The van der Waals surface area contributed by atoms with Crippen molar-refractivity contribution in [3.8, 4) is 16.9 Å². The van der Waals surface area contributed by atoms with Gasteiger partial charge in [0.25, 0.3) is 0 Å². The second-order valence-electron chi connectivity index (χ2n) is 9.07. The second kappa shape index (κ2) is 14.3. The van der Waals surface area contributed by atoms with Crippen molar-refractivity contribution in [1.29, 1.82) is 0 Å². The Morgan fingerprint density at radius 2 is 1.85 bits per heavy atom. The predicted molar refractivity (Wildman–Crippen MR) is 141 cm³/mol. The number of phenols is 1. The topological polar surface area (TPSA) is 88.9 Å². The average molecular weight is 473 g/mol. The van der Waals surface area contributed by atoms with Gasteiger partial charge in [0.1, 0.15) is 11.6 Å².